The minimum atomic E-state index is -0.208. The van der Waals surface area contributed by atoms with E-state index in [-0.39, 0.29) is 6.17 Å². The van der Waals surface area contributed by atoms with Crippen LogP contribution in [0.15, 0.2) is 0 Å². The van der Waals surface area contributed by atoms with Gasteiger partial charge in [-0.05, 0) is 6.42 Å². The number of nitrogens with two attached hydrogens (primary N) is 1. The third-order valence-electron chi connectivity index (χ3n) is 0.898. The molecule has 0 amide bonds. The Kier molecular flexibility index (Phi) is 2.91. The van der Waals surface area contributed by atoms with Crippen molar-refractivity contribution in [1.82, 2.24) is 5.06 Å². The van der Waals surface area contributed by atoms with E-state index in [4.69, 9.17) is 10.9 Å². The highest BCUT2D eigenvalue weighted by atomic mass is 16.5. The van der Waals surface area contributed by atoms with E-state index in [0.29, 0.717) is 0 Å². The van der Waals surface area contributed by atoms with Crippen LogP contribution in [0.1, 0.15) is 13.3 Å². The maximum Gasteiger partial charge on any atom is 0.0809 e. The van der Waals surface area contributed by atoms with Crippen LogP contribution in [0.5, 0.6) is 0 Å². The van der Waals surface area contributed by atoms with Crippen LogP contribution in [0.2, 0.25) is 0 Å². The van der Waals surface area contributed by atoms with E-state index in [2.05, 4.69) is 0 Å². The summed E-state index contributed by atoms with van der Waals surface area (Å²) in [5, 5.41) is 9.53. The van der Waals surface area contributed by atoms with Gasteiger partial charge in [0.05, 0.1) is 6.17 Å². The molecule has 0 aromatic carbocycles. The lowest BCUT2D eigenvalue weighted by Crippen LogP contribution is -2.35. The van der Waals surface area contributed by atoms with Gasteiger partial charge in [0, 0.05) is 7.05 Å². The van der Waals surface area contributed by atoms with E-state index < -0.39 is 0 Å². The number of hydrogen-bond acceptors (Lipinski definition) is 3. The standard InChI is InChI=1S/C4H12N2O/c1-3-4(5)6(2)7/h4,7H,3,5H2,1-2H3. The van der Waals surface area contributed by atoms with Crippen molar-refractivity contribution in [2.75, 3.05) is 7.05 Å². The maximum absolute atomic E-state index is 8.53. The first kappa shape index (κ1) is 6.88. The van der Waals surface area contributed by atoms with Gasteiger partial charge in [-0.1, -0.05) is 6.92 Å². The van der Waals surface area contributed by atoms with Crippen molar-refractivity contribution in [2.24, 2.45) is 5.73 Å². The molecule has 0 spiro atoms. The molecule has 0 saturated heterocycles. The fraction of sp³-hybridized carbons (Fsp3) is 1.00. The quantitative estimate of drug-likeness (QED) is 0.383. The summed E-state index contributed by atoms with van der Waals surface area (Å²) in [6.45, 7) is 1.91. The average molecular weight is 104 g/mol. The summed E-state index contributed by atoms with van der Waals surface area (Å²) < 4.78 is 0. The molecule has 0 radical (unpaired) electrons. The Hall–Kier alpha value is -0.120. The molecule has 1 atom stereocenters. The minimum Gasteiger partial charge on any atom is -0.314 e. The Morgan fingerprint density at radius 3 is 2.29 bits per heavy atom. The van der Waals surface area contributed by atoms with E-state index in [0.717, 1.165) is 11.5 Å². The zero-order valence-corrected chi connectivity index (χ0v) is 4.76. The molecule has 3 nitrogen and oxygen atoms in total. The van der Waals surface area contributed by atoms with E-state index in [1.54, 1.807) is 0 Å². The Balaban J connectivity index is 3.14. The summed E-state index contributed by atoms with van der Waals surface area (Å²) in [7, 11) is 1.54. The molecule has 1 unspecified atom stereocenters. The zero-order valence-electron chi connectivity index (χ0n) is 4.76. The van der Waals surface area contributed by atoms with Gasteiger partial charge in [-0.3, -0.25) is 0 Å². The second-order valence-corrected chi connectivity index (χ2v) is 1.55. The third-order valence-corrected chi connectivity index (χ3v) is 0.898. The zero-order chi connectivity index (χ0) is 5.86. The van der Waals surface area contributed by atoms with Gasteiger partial charge in [0.15, 0.2) is 0 Å². The van der Waals surface area contributed by atoms with Crippen molar-refractivity contribution in [2.45, 2.75) is 19.5 Å². The van der Waals surface area contributed by atoms with Gasteiger partial charge in [0.2, 0.25) is 0 Å². The van der Waals surface area contributed by atoms with Crippen molar-refractivity contribution >= 4 is 0 Å². The molecule has 0 aromatic rings. The number of rotatable bonds is 2. The molecule has 0 aliphatic rings. The smallest absolute Gasteiger partial charge is 0.0809 e. The predicted molar refractivity (Wildman–Crippen MR) is 27.8 cm³/mol. The summed E-state index contributed by atoms with van der Waals surface area (Å²) in [6, 6.07) is 0. The fourth-order valence-electron chi connectivity index (χ4n) is 0.264. The van der Waals surface area contributed by atoms with Crippen LogP contribution < -0.4 is 5.73 Å². The molecule has 0 fully saturated rings. The number of nitrogens with zero attached hydrogens (tertiary/aromatic N) is 1. The van der Waals surface area contributed by atoms with E-state index >= 15 is 0 Å². The normalized spacial score (nSPS) is 15.0. The van der Waals surface area contributed by atoms with Crippen molar-refractivity contribution in [3.05, 3.63) is 0 Å². The van der Waals surface area contributed by atoms with Crippen molar-refractivity contribution < 1.29 is 5.21 Å². The van der Waals surface area contributed by atoms with Crippen LogP contribution in [0.4, 0.5) is 0 Å². The molecular weight excluding hydrogens is 92.1 g/mol. The first-order valence-electron chi connectivity index (χ1n) is 2.35. The molecule has 0 rings (SSSR count). The summed E-state index contributed by atoms with van der Waals surface area (Å²) in [5.41, 5.74) is 5.29. The first-order chi connectivity index (χ1) is 3.18. The average Bonchev–Trinajstić information content (AvgIpc) is 1.65. The monoisotopic (exact) mass is 104 g/mol. The highest BCUT2D eigenvalue weighted by Gasteiger charge is 1.99. The van der Waals surface area contributed by atoms with Gasteiger partial charge < -0.3 is 10.9 Å². The molecule has 0 aliphatic carbocycles. The molecule has 0 aliphatic heterocycles. The lowest BCUT2D eigenvalue weighted by molar-refractivity contribution is -0.101. The molecule has 7 heavy (non-hydrogen) atoms. The van der Waals surface area contributed by atoms with Crippen molar-refractivity contribution in [3.8, 4) is 0 Å². The molecule has 0 saturated carbocycles. The Morgan fingerprint density at radius 1 is 1.86 bits per heavy atom. The topological polar surface area (TPSA) is 49.5 Å². The first-order valence-corrected chi connectivity index (χ1v) is 2.35. The molecule has 0 aromatic heterocycles. The highest BCUT2D eigenvalue weighted by molar-refractivity contribution is 4.46. The maximum atomic E-state index is 8.53. The second-order valence-electron chi connectivity index (χ2n) is 1.55. The molecule has 0 bridgehead atoms. The van der Waals surface area contributed by atoms with E-state index in [1.165, 1.54) is 7.05 Å². The largest absolute Gasteiger partial charge is 0.314 e. The predicted octanol–water partition coefficient (Wildman–Crippen LogP) is 0.00220. The van der Waals surface area contributed by atoms with Gasteiger partial charge in [0.1, 0.15) is 0 Å². The third kappa shape index (κ3) is 2.56. The fourth-order valence-corrected chi connectivity index (χ4v) is 0.264. The molecule has 3 N–H and O–H groups in total. The summed E-state index contributed by atoms with van der Waals surface area (Å²) >= 11 is 0. The van der Waals surface area contributed by atoms with Crippen LogP contribution in [-0.4, -0.2) is 23.5 Å². The van der Waals surface area contributed by atoms with Gasteiger partial charge >= 0.3 is 0 Å². The Morgan fingerprint density at radius 2 is 2.29 bits per heavy atom. The van der Waals surface area contributed by atoms with Crippen molar-refractivity contribution in [1.29, 1.82) is 0 Å². The van der Waals surface area contributed by atoms with Gasteiger partial charge in [0.25, 0.3) is 0 Å². The molecule has 44 valence electrons. The van der Waals surface area contributed by atoms with E-state index in [9.17, 15) is 0 Å². The summed E-state index contributed by atoms with van der Waals surface area (Å²) in [6.07, 6.45) is 0.562. The van der Waals surface area contributed by atoms with Crippen LogP contribution in [0, 0.1) is 0 Å². The van der Waals surface area contributed by atoms with Gasteiger partial charge in [-0.25, -0.2) is 0 Å². The van der Waals surface area contributed by atoms with Crippen LogP contribution in [-0.2, 0) is 0 Å². The summed E-state index contributed by atoms with van der Waals surface area (Å²) in [4.78, 5) is 0. The number of hydrogen-bond donors (Lipinski definition) is 2. The minimum absolute atomic E-state index is 0.208. The van der Waals surface area contributed by atoms with Gasteiger partial charge in [-0.2, -0.15) is 5.06 Å². The van der Waals surface area contributed by atoms with E-state index in [1.807, 2.05) is 6.92 Å². The Labute approximate surface area is 43.7 Å². The molecular formula is C4H12N2O. The molecule has 3 heteroatoms. The summed E-state index contributed by atoms with van der Waals surface area (Å²) in [5.74, 6) is 0. The lowest BCUT2D eigenvalue weighted by atomic mass is 10.4. The van der Waals surface area contributed by atoms with Crippen LogP contribution in [0.3, 0.4) is 0 Å². The van der Waals surface area contributed by atoms with Gasteiger partial charge in [-0.15, -0.1) is 0 Å². The Bertz CT molecular complexity index is 47.0. The molecule has 0 heterocycles. The van der Waals surface area contributed by atoms with Crippen molar-refractivity contribution in [3.63, 3.8) is 0 Å². The highest BCUT2D eigenvalue weighted by Crippen LogP contribution is 1.86. The van der Waals surface area contributed by atoms with Crippen LogP contribution >= 0.6 is 0 Å². The second kappa shape index (κ2) is 2.96. The lowest BCUT2D eigenvalue weighted by Gasteiger charge is -2.14. The SMILES string of the molecule is CCC(N)N(C)O. The number of hydroxylamine groups is 2. The van der Waals surface area contributed by atoms with Crippen LogP contribution in [0.25, 0.3) is 0 Å².